The van der Waals surface area contributed by atoms with Gasteiger partial charge in [-0.2, -0.15) is 0 Å². The molecule has 1 heterocycles. The van der Waals surface area contributed by atoms with E-state index in [0.717, 1.165) is 19.4 Å². The monoisotopic (exact) mass is 200 g/mol. The number of rotatable bonds is 3. The Balaban J connectivity index is 2.35. The summed E-state index contributed by atoms with van der Waals surface area (Å²) in [7, 11) is 0. The normalized spacial score (nSPS) is 22.2. The molecule has 1 saturated heterocycles. The highest BCUT2D eigenvalue weighted by molar-refractivity contribution is 5.94. The zero-order valence-electron chi connectivity index (χ0n) is 8.03. The molecule has 14 heavy (non-hydrogen) atoms. The molecule has 0 aliphatic carbocycles. The van der Waals surface area contributed by atoms with Gasteiger partial charge in [0.2, 0.25) is 5.91 Å². The van der Waals surface area contributed by atoms with Gasteiger partial charge in [-0.25, -0.2) is 4.79 Å². The van der Waals surface area contributed by atoms with Crippen LogP contribution in [0, 0.1) is 0 Å². The first kappa shape index (κ1) is 10.9. The summed E-state index contributed by atoms with van der Waals surface area (Å²) in [5, 5.41) is 2.03. The summed E-state index contributed by atoms with van der Waals surface area (Å²) >= 11 is 0. The van der Waals surface area contributed by atoms with Crippen molar-refractivity contribution in [1.82, 2.24) is 10.2 Å². The summed E-state index contributed by atoms with van der Waals surface area (Å²) in [6.07, 6.45) is 2.06. The number of nitrogens with two attached hydrogens (primary N) is 2. The summed E-state index contributed by atoms with van der Waals surface area (Å²) in [4.78, 5) is 23.5. The third-order valence-corrected chi connectivity index (χ3v) is 2.38. The highest BCUT2D eigenvalue weighted by atomic mass is 16.2. The van der Waals surface area contributed by atoms with Crippen LogP contribution in [0.1, 0.15) is 12.8 Å². The van der Waals surface area contributed by atoms with Crippen LogP contribution in [0.2, 0.25) is 0 Å². The van der Waals surface area contributed by atoms with Crippen LogP contribution < -0.4 is 16.8 Å². The Kier molecular flexibility index (Phi) is 3.84. The van der Waals surface area contributed by atoms with Crippen LogP contribution in [0.25, 0.3) is 0 Å². The molecule has 0 saturated carbocycles. The van der Waals surface area contributed by atoms with E-state index in [4.69, 9.17) is 11.5 Å². The fraction of sp³-hybridized carbons (Fsp3) is 0.750. The van der Waals surface area contributed by atoms with E-state index in [1.807, 2.05) is 10.2 Å². The van der Waals surface area contributed by atoms with Gasteiger partial charge in [0.15, 0.2) is 0 Å². The van der Waals surface area contributed by atoms with E-state index < -0.39 is 6.03 Å². The van der Waals surface area contributed by atoms with Crippen molar-refractivity contribution >= 4 is 11.9 Å². The van der Waals surface area contributed by atoms with Crippen molar-refractivity contribution < 1.29 is 9.59 Å². The number of hydrogen-bond acceptors (Lipinski definition) is 4. The number of amides is 3. The molecular weight excluding hydrogens is 184 g/mol. The van der Waals surface area contributed by atoms with E-state index in [1.165, 1.54) is 0 Å². The first-order valence-corrected chi connectivity index (χ1v) is 4.67. The second kappa shape index (κ2) is 4.92. The standard InChI is InChI=1S/C8H16N4O2/c9-4-6-2-1-3-12(6)5-7(13)11-8(10)14/h6H,1-5,9H2,(H3,10,11,13,14). The maximum atomic E-state index is 11.2. The number of hydrogen-bond donors (Lipinski definition) is 3. The number of primary amides is 1. The second-order valence-corrected chi connectivity index (χ2v) is 3.41. The molecule has 0 aromatic carbocycles. The van der Waals surface area contributed by atoms with Gasteiger partial charge in [-0.05, 0) is 19.4 Å². The zero-order valence-corrected chi connectivity index (χ0v) is 8.03. The SMILES string of the molecule is NCC1CCCN1CC(=O)NC(N)=O. The third-order valence-electron chi connectivity index (χ3n) is 2.38. The summed E-state index contributed by atoms with van der Waals surface area (Å²) in [5.41, 5.74) is 10.4. The molecule has 5 N–H and O–H groups in total. The van der Waals surface area contributed by atoms with Gasteiger partial charge in [-0.15, -0.1) is 0 Å². The minimum Gasteiger partial charge on any atom is -0.351 e. The average Bonchev–Trinajstić information content (AvgIpc) is 2.50. The number of nitrogens with one attached hydrogen (secondary N) is 1. The number of imide groups is 1. The lowest BCUT2D eigenvalue weighted by Crippen LogP contribution is -2.45. The van der Waals surface area contributed by atoms with Crippen LogP contribution in [0.15, 0.2) is 0 Å². The van der Waals surface area contributed by atoms with E-state index >= 15 is 0 Å². The van der Waals surface area contributed by atoms with Gasteiger partial charge in [-0.3, -0.25) is 15.0 Å². The van der Waals surface area contributed by atoms with Crippen molar-refractivity contribution in [2.24, 2.45) is 11.5 Å². The van der Waals surface area contributed by atoms with Gasteiger partial charge in [0.1, 0.15) is 0 Å². The summed E-state index contributed by atoms with van der Waals surface area (Å²) < 4.78 is 0. The molecule has 6 nitrogen and oxygen atoms in total. The molecule has 3 amide bonds. The van der Waals surface area contributed by atoms with Crippen LogP contribution in [-0.4, -0.2) is 42.5 Å². The summed E-state index contributed by atoms with van der Waals surface area (Å²) in [6.45, 7) is 1.60. The Morgan fingerprint density at radius 3 is 2.79 bits per heavy atom. The molecule has 0 aromatic rings. The largest absolute Gasteiger partial charge is 0.351 e. The van der Waals surface area contributed by atoms with E-state index in [-0.39, 0.29) is 18.5 Å². The predicted octanol–water partition coefficient (Wildman–Crippen LogP) is -1.40. The Hall–Kier alpha value is -1.14. The highest BCUT2D eigenvalue weighted by Crippen LogP contribution is 2.14. The van der Waals surface area contributed by atoms with E-state index in [2.05, 4.69) is 0 Å². The molecule has 0 spiro atoms. The van der Waals surface area contributed by atoms with Gasteiger partial charge in [0.25, 0.3) is 0 Å². The molecule has 0 radical (unpaired) electrons. The number of urea groups is 1. The quantitative estimate of drug-likeness (QED) is 0.521. The first-order chi connectivity index (χ1) is 6.63. The average molecular weight is 200 g/mol. The number of carbonyl (C=O) groups is 2. The van der Waals surface area contributed by atoms with Crippen molar-refractivity contribution in [3.05, 3.63) is 0 Å². The lowest BCUT2D eigenvalue weighted by atomic mass is 10.2. The molecule has 0 aromatic heterocycles. The molecule has 1 aliphatic heterocycles. The smallest absolute Gasteiger partial charge is 0.318 e. The van der Waals surface area contributed by atoms with Crippen molar-refractivity contribution in [1.29, 1.82) is 0 Å². The van der Waals surface area contributed by atoms with Gasteiger partial charge in [0.05, 0.1) is 6.54 Å². The molecule has 1 unspecified atom stereocenters. The van der Waals surface area contributed by atoms with Crippen LogP contribution >= 0.6 is 0 Å². The molecule has 1 aliphatic rings. The van der Waals surface area contributed by atoms with E-state index in [1.54, 1.807) is 0 Å². The Morgan fingerprint density at radius 2 is 2.21 bits per heavy atom. The number of likely N-dealkylation sites (tertiary alicyclic amines) is 1. The minimum atomic E-state index is -0.807. The minimum absolute atomic E-state index is 0.199. The van der Waals surface area contributed by atoms with Crippen molar-refractivity contribution in [3.63, 3.8) is 0 Å². The van der Waals surface area contributed by atoms with E-state index in [9.17, 15) is 9.59 Å². The lowest BCUT2D eigenvalue weighted by molar-refractivity contribution is -0.121. The van der Waals surface area contributed by atoms with E-state index in [0.29, 0.717) is 6.54 Å². The highest BCUT2D eigenvalue weighted by Gasteiger charge is 2.24. The second-order valence-electron chi connectivity index (χ2n) is 3.41. The van der Waals surface area contributed by atoms with Crippen molar-refractivity contribution in [2.45, 2.75) is 18.9 Å². The maximum Gasteiger partial charge on any atom is 0.318 e. The first-order valence-electron chi connectivity index (χ1n) is 4.67. The fourth-order valence-electron chi connectivity index (χ4n) is 1.73. The molecule has 6 heteroatoms. The molecule has 80 valence electrons. The van der Waals surface area contributed by atoms with Crippen LogP contribution in [0.3, 0.4) is 0 Å². The molecule has 0 bridgehead atoms. The third kappa shape index (κ3) is 2.97. The van der Waals surface area contributed by atoms with Gasteiger partial charge in [-0.1, -0.05) is 0 Å². The van der Waals surface area contributed by atoms with Crippen LogP contribution in [-0.2, 0) is 4.79 Å². The topological polar surface area (TPSA) is 101 Å². The molecular formula is C8H16N4O2. The molecule has 1 atom stereocenters. The summed E-state index contributed by atoms with van der Waals surface area (Å²) in [5.74, 6) is -0.363. The van der Waals surface area contributed by atoms with Crippen LogP contribution in [0.4, 0.5) is 4.79 Å². The molecule has 1 fully saturated rings. The molecule has 1 rings (SSSR count). The van der Waals surface area contributed by atoms with Crippen LogP contribution in [0.5, 0.6) is 0 Å². The zero-order chi connectivity index (χ0) is 10.6. The van der Waals surface area contributed by atoms with Crippen molar-refractivity contribution in [2.75, 3.05) is 19.6 Å². The number of carbonyl (C=O) groups excluding carboxylic acids is 2. The predicted molar refractivity (Wildman–Crippen MR) is 51.4 cm³/mol. The summed E-state index contributed by atoms with van der Waals surface area (Å²) in [6, 6.07) is -0.549. The van der Waals surface area contributed by atoms with Gasteiger partial charge in [0, 0.05) is 12.6 Å². The number of nitrogens with zero attached hydrogens (tertiary/aromatic N) is 1. The van der Waals surface area contributed by atoms with Gasteiger partial charge >= 0.3 is 6.03 Å². The maximum absolute atomic E-state index is 11.2. The van der Waals surface area contributed by atoms with Crippen molar-refractivity contribution in [3.8, 4) is 0 Å². The Labute approximate surface area is 82.6 Å². The Morgan fingerprint density at radius 1 is 1.50 bits per heavy atom. The lowest BCUT2D eigenvalue weighted by Gasteiger charge is -2.21. The van der Waals surface area contributed by atoms with Gasteiger partial charge < -0.3 is 11.5 Å². The fourth-order valence-corrected chi connectivity index (χ4v) is 1.73. The Bertz CT molecular complexity index is 231.